The molecule has 1 heterocycles. The van der Waals surface area contributed by atoms with Crippen LogP contribution < -0.4 is 4.74 Å². The van der Waals surface area contributed by atoms with Crippen LogP contribution in [-0.4, -0.2) is 11.5 Å². The Bertz CT molecular complexity index is 982. The number of Topliss-reactive ketones (excluding diaryl/α,β-unsaturated/α-hetero) is 1. The minimum absolute atomic E-state index is 0.132. The molecule has 0 fully saturated rings. The van der Waals surface area contributed by atoms with E-state index in [1.165, 1.54) is 0 Å². The van der Waals surface area contributed by atoms with E-state index in [0.717, 1.165) is 46.7 Å². The van der Waals surface area contributed by atoms with Crippen LogP contribution in [0, 0.1) is 17.2 Å². The number of ketones is 1. The lowest BCUT2D eigenvalue weighted by Gasteiger charge is -2.32. The summed E-state index contributed by atoms with van der Waals surface area (Å²) in [4.78, 5) is 17.2. The van der Waals surface area contributed by atoms with Gasteiger partial charge in [0.2, 0.25) is 0 Å². The van der Waals surface area contributed by atoms with Gasteiger partial charge in [-0.3, -0.25) is 9.79 Å². The normalized spacial score (nSPS) is 21.6. The molecule has 0 saturated carbocycles. The Morgan fingerprint density at radius 1 is 1.11 bits per heavy atom. The Hall–Kier alpha value is -3.19. The number of hydrogen-bond donors (Lipinski definition) is 0. The van der Waals surface area contributed by atoms with Crippen molar-refractivity contribution in [3.05, 3.63) is 77.0 Å². The highest BCUT2D eigenvalue weighted by Crippen LogP contribution is 2.43. The molecule has 4 nitrogen and oxygen atoms in total. The zero-order chi connectivity index (χ0) is 19.5. The van der Waals surface area contributed by atoms with E-state index in [4.69, 9.17) is 4.74 Å². The number of ether oxygens (including phenoxy) is 1. The predicted molar refractivity (Wildman–Crippen MR) is 108 cm³/mol. The molecule has 0 aromatic heterocycles. The second-order valence-corrected chi connectivity index (χ2v) is 7.32. The Kier molecular flexibility index (Phi) is 5.08. The molecule has 4 heteroatoms. The lowest BCUT2D eigenvalue weighted by atomic mass is 9.72. The number of hydrogen-bond acceptors (Lipinski definition) is 4. The van der Waals surface area contributed by atoms with Crippen molar-refractivity contribution in [1.29, 1.82) is 5.26 Å². The van der Waals surface area contributed by atoms with E-state index in [1.54, 1.807) is 0 Å². The van der Waals surface area contributed by atoms with Gasteiger partial charge < -0.3 is 4.74 Å². The first-order chi connectivity index (χ1) is 13.7. The molecule has 0 amide bonds. The first-order valence-electron chi connectivity index (χ1n) is 9.65. The number of nitrogens with zero attached hydrogens (tertiary/aromatic N) is 2. The minimum Gasteiger partial charge on any atom is -0.489 e. The molecule has 0 spiro atoms. The van der Waals surface area contributed by atoms with Crippen LogP contribution in [0.1, 0.15) is 43.2 Å². The number of nitriles is 1. The number of allylic oxidation sites excluding steroid dienone is 2. The van der Waals surface area contributed by atoms with Crippen LogP contribution in [0.4, 0.5) is 0 Å². The van der Waals surface area contributed by atoms with Crippen LogP contribution in [0.5, 0.6) is 5.75 Å². The van der Waals surface area contributed by atoms with E-state index in [0.29, 0.717) is 13.0 Å². The van der Waals surface area contributed by atoms with E-state index in [9.17, 15) is 10.1 Å². The van der Waals surface area contributed by atoms with Gasteiger partial charge in [0.05, 0.1) is 12.0 Å². The van der Waals surface area contributed by atoms with Crippen molar-refractivity contribution in [2.45, 2.75) is 38.7 Å². The van der Waals surface area contributed by atoms with Crippen molar-refractivity contribution in [1.82, 2.24) is 0 Å². The van der Waals surface area contributed by atoms with Gasteiger partial charge in [0, 0.05) is 29.3 Å². The summed E-state index contributed by atoms with van der Waals surface area (Å²) in [5.41, 5.74) is 4.48. The molecule has 2 atom stereocenters. The van der Waals surface area contributed by atoms with Gasteiger partial charge in [-0.05, 0) is 43.0 Å². The topological polar surface area (TPSA) is 62.4 Å². The monoisotopic (exact) mass is 370 g/mol. The number of aliphatic imine (C=N–C) groups is 1. The second kappa shape index (κ2) is 7.82. The van der Waals surface area contributed by atoms with Crippen molar-refractivity contribution < 1.29 is 9.53 Å². The molecule has 0 radical (unpaired) electrons. The SMILES string of the molecule is CC1=NC2=C(C(=O)CCC2)[C@@H](c2ccc(OCc3ccccc3)cc2)C1C#N. The fraction of sp³-hybridized carbons (Fsp3) is 0.292. The van der Waals surface area contributed by atoms with Gasteiger partial charge in [-0.2, -0.15) is 5.26 Å². The summed E-state index contributed by atoms with van der Waals surface area (Å²) in [6.07, 6.45) is 2.19. The van der Waals surface area contributed by atoms with Gasteiger partial charge in [0.25, 0.3) is 0 Å². The molecule has 0 bridgehead atoms. The van der Waals surface area contributed by atoms with E-state index in [2.05, 4.69) is 11.1 Å². The number of rotatable bonds is 4. The quantitative estimate of drug-likeness (QED) is 0.763. The van der Waals surface area contributed by atoms with Crippen LogP contribution in [-0.2, 0) is 11.4 Å². The summed E-state index contributed by atoms with van der Waals surface area (Å²) < 4.78 is 5.87. The molecule has 1 unspecified atom stereocenters. The van der Waals surface area contributed by atoms with Crippen LogP contribution >= 0.6 is 0 Å². The third-order valence-corrected chi connectivity index (χ3v) is 5.46. The van der Waals surface area contributed by atoms with Crippen LogP contribution in [0.2, 0.25) is 0 Å². The van der Waals surface area contributed by atoms with E-state index in [-0.39, 0.29) is 11.7 Å². The maximum atomic E-state index is 12.6. The molecule has 4 rings (SSSR count). The molecule has 1 aliphatic carbocycles. The fourth-order valence-electron chi connectivity index (χ4n) is 4.05. The number of carbonyl (C=O) groups excluding carboxylic acids is 1. The Morgan fingerprint density at radius 3 is 2.57 bits per heavy atom. The van der Waals surface area contributed by atoms with Crippen molar-refractivity contribution >= 4 is 11.5 Å². The maximum absolute atomic E-state index is 12.6. The summed E-state index contributed by atoms with van der Waals surface area (Å²) in [5.74, 6) is 0.254. The van der Waals surface area contributed by atoms with Crippen molar-refractivity contribution in [3.63, 3.8) is 0 Å². The maximum Gasteiger partial charge on any atom is 0.161 e. The fourth-order valence-corrected chi connectivity index (χ4v) is 4.05. The van der Waals surface area contributed by atoms with Crippen LogP contribution in [0.3, 0.4) is 0 Å². The Morgan fingerprint density at radius 2 is 1.86 bits per heavy atom. The molecule has 1 aliphatic heterocycles. The van der Waals surface area contributed by atoms with E-state index in [1.807, 2.05) is 61.5 Å². The van der Waals surface area contributed by atoms with Gasteiger partial charge >= 0.3 is 0 Å². The highest BCUT2D eigenvalue weighted by molar-refractivity contribution is 6.02. The molecular formula is C24H22N2O2. The molecule has 2 aromatic rings. The van der Waals surface area contributed by atoms with Gasteiger partial charge in [-0.1, -0.05) is 42.5 Å². The highest BCUT2D eigenvalue weighted by atomic mass is 16.5. The summed E-state index contributed by atoms with van der Waals surface area (Å²) in [7, 11) is 0. The largest absolute Gasteiger partial charge is 0.489 e. The smallest absolute Gasteiger partial charge is 0.161 e. The molecule has 2 aliphatic rings. The van der Waals surface area contributed by atoms with Gasteiger partial charge in [0.1, 0.15) is 12.4 Å². The van der Waals surface area contributed by atoms with E-state index >= 15 is 0 Å². The molecule has 28 heavy (non-hydrogen) atoms. The molecule has 140 valence electrons. The van der Waals surface area contributed by atoms with Gasteiger partial charge in [-0.25, -0.2) is 0 Å². The van der Waals surface area contributed by atoms with Crippen molar-refractivity contribution in [2.24, 2.45) is 10.9 Å². The minimum atomic E-state index is -0.406. The highest BCUT2D eigenvalue weighted by Gasteiger charge is 2.38. The second-order valence-electron chi connectivity index (χ2n) is 7.32. The third kappa shape index (κ3) is 3.48. The average Bonchev–Trinajstić information content (AvgIpc) is 2.73. The lowest BCUT2D eigenvalue weighted by Crippen LogP contribution is -2.30. The zero-order valence-corrected chi connectivity index (χ0v) is 15.9. The third-order valence-electron chi connectivity index (χ3n) is 5.46. The summed E-state index contributed by atoms with van der Waals surface area (Å²) in [6, 6.07) is 20.2. The lowest BCUT2D eigenvalue weighted by molar-refractivity contribution is -0.116. The Balaban J connectivity index is 1.60. The molecular weight excluding hydrogens is 348 g/mol. The summed E-state index contributed by atoms with van der Waals surface area (Å²) >= 11 is 0. The first kappa shape index (κ1) is 18.2. The number of carbonyl (C=O) groups is 1. The molecule has 0 saturated heterocycles. The predicted octanol–water partition coefficient (Wildman–Crippen LogP) is 4.97. The number of benzene rings is 2. The summed E-state index contributed by atoms with van der Waals surface area (Å²) in [6.45, 7) is 2.39. The standard InChI is InChI=1S/C24H22N2O2/c1-16-20(14-25)23(24-21(26-16)8-5-9-22(24)27)18-10-12-19(13-11-18)28-15-17-6-3-2-4-7-17/h2-4,6-7,10-13,20,23H,5,8-9,15H2,1H3/t20?,23-/m0/s1. The van der Waals surface area contributed by atoms with Gasteiger partial charge in [0.15, 0.2) is 5.78 Å². The van der Waals surface area contributed by atoms with Crippen LogP contribution in [0.25, 0.3) is 0 Å². The first-order valence-corrected chi connectivity index (χ1v) is 9.65. The van der Waals surface area contributed by atoms with Crippen LogP contribution in [0.15, 0.2) is 70.9 Å². The van der Waals surface area contributed by atoms with Crippen molar-refractivity contribution in [3.8, 4) is 11.8 Å². The summed E-state index contributed by atoms with van der Waals surface area (Å²) in [5, 5.41) is 9.75. The van der Waals surface area contributed by atoms with E-state index < -0.39 is 5.92 Å². The zero-order valence-electron chi connectivity index (χ0n) is 15.9. The van der Waals surface area contributed by atoms with Crippen molar-refractivity contribution in [2.75, 3.05) is 0 Å². The molecule has 2 aromatic carbocycles. The average molecular weight is 370 g/mol. The Labute approximate surface area is 165 Å². The van der Waals surface area contributed by atoms with Gasteiger partial charge in [-0.15, -0.1) is 0 Å². The molecule has 0 N–H and O–H groups in total.